The van der Waals surface area contributed by atoms with Crippen LogP contribution >= 0.6 is 147 Å². The normalized spacial score (nSPS) is 11.2. The van der Waals surface area contributed by atoms with Crippen LogP contribution in [0.15, 0.2) is 141 Å². The predicted octanol–water partition coefficient (Wildman–Crippen LogP) is 13.6. The van der Waals surface area contributed by atoms with E-state index in [0.717, 1.165) is 59.5 Å². The Balaban J connectivity index is 0.000000489. The number of nitrogens with one attached hydrogen (secondary N) is 3. The maximum absolute atomic E-state index is 12.4. The van der Waals surface area contributed by atoms with Crippen molar-refractivity contribution in [3.8, 4) is 0 Å². The molecule has 2 aliphatic heterocycles. The SMILES string of the molecule is Br.C1CCOC1.ClCCl.N=C(N)SCc1cc(Br)ccc1C(=O)NCc1ccc(Cl)cc1.NC(N)=S.NCc1ccc(Cl)cc1.O=C(NCc1ccc(Cl)cc1)c1ccc(Br)cc1CO.O=C1OCc2cc(Br)ccc21. The largest absolute Gasteiger partial charge is 0.457 e. The highest BCUT2D eigenvalue weighted by Crippen LogP contribution is 2.24. The van der Waals surface area contributed by atoms with Gasteiger partial charge in [0.2, 0.25) is 0 Å². The standard InChI is InChI=1S/C16H15BrClN3OS.C15H13BrClNO2.C8H5BrO2.C7H8ClN.C4H8O.CH2Cl2.CH4N2S.BrH/c17-12-3-6-14(11(7-12)9-23-16(19)20)15(22)21-8-10-1-4-13(18)5-2-10;16-12-3-6-14(11(7-12)9-19)15(20)18-8-10-1-4-13(17)5-2-10;9-6-1-2-7-5(3-6)4-11-8(7)10;8-7-3-1-6(5-9)2-4-7;1-2-4-5-3-1;2-1-3;2-1(3)4;/h1-7H,8-9H2,(H3,19,20)(H,21,22);1-7,19H,8-9H2,(H,18,20);1-3H,4H2;1-4H,5,9H2;1-4H2;1H2;(H4,2,3,4);1H. The molecular weight excluding hydrogens is 1380 g/mol. The minimum atomic E-state index is -0.215. The van der Waals surface area contributed by atoms with Gasteiger partial charge in [-0.3, -0.25) is 15.0 Å². The summed E-state index contributed by atoms with van der Waals surface area (Å²) < 4.78 is 12.5. The van der Waals surface area contributed by atoms with Crippen LogP contribution in [0.3, 0.4) is 0 Å². The van der Waals surface area contributed by atoms with Crippen LogP contribution in [0, 0.1) is 5.41 Å². The minimum Gasteiger partial charge on any atom is -0.457 e. The van der Waals surface area contributed by atoms with E-state index in [1.54, 1.807) is 54.6 Å². The Labute approximate surface area is 513 Å². The third kappa shape index (κ3) is 30.0. The molecule has 1 saturated heterocycles. The van der Waals surface area contributed by atoms with Crippen molar-refractivity contribution in [2.75, 3.05) is 18.6 Å². The molecule has 12 N–H and O–H groups in total. The first-order valence-corrected chi connectivity index (χ1v) is 28.1. The van der Waals surface area contributed by atoms with Gasteiger partial charge in [-0.25, -0.2) is 4.79 Å². The van der Waals surface area contributed by atoms with Crippen LogP contribution in [-0.2, 0) is 48.1 Å². The second kappa shape index (κ2) is 40.6. The Morgan fingerprint density at radius 3 is 1.46 bits per heavy atom. The van der Waals surface area contributed by atoms with E-state index < -0.39 is 0 Å². The molecule has 0 aromatic heterocycles. The quantitative estimate of drug-likeness (QED) is 0.0210. The molecule has 0 radical (unpaired) electrons. The summed E-state index contributed by atoms with van der Waals surface area (Å²) in [6.45, 7) is 3.65. The van der Waals surface area contributed by atoms with Gasteiger partial charge >= 0.3 is 5.97 Å². The maximum Gasteiger partial charge on any atom is 0.338 e. The molecule has 0 bridgehead atoms. The third-order valence-corrected chi connectivity index (χ3v) is 12.5. The summed E-state index contributed by atoms with van der Waals surface area (Å²) in [6.07, 6.45) is 2.56. The summed E-state index contributed by atoms with van der Waals surface area (Å²) in [5, 5.41) is 24.6. The van der Waals surface area contributed by atoms with E-state index in [1.807, 2.05) is 72.8 Å². The lowest BCUT2D eigenvalue weighted by Crippen LogP contribution is -2.24. The van der Waals surface area contributed by atoms with Crippen molar-refractivity contribution in [1.82, 2.24) is 10.6 Å². The lowest BCUT2D eigenvalue weighted by molar-refractivity contribution is 0.0534. The average molecular weight is 1440 g/mol. The number of amides is 2. The molecule has 13 nitrogen and oxygen atoms in total. The smallest absolute Gasteiger partial charge is 0.338 e. The summed E-state index contributed by atoms with van der Waals surface area (Å²) in [4.78, 5) is 35.5. The Morgan fingerprint density at radius 1 is 0.671 bits per heavy atom. The number of halogens is 9. The van der Waals surface area contributed by atoms with Crippen molar-refractivity contribution in [1.29, 1.82) is 5.41 Å². The van der Waals surface area contributed by atoms with E-state index in [1.165, 1.54) is 24.6 Å². The van der Waals surface area contributed by atoms with E-state index >= 15 is 0 Å². The second-order valence-corrected chi connectivity index (χ2v) is 21.4. The molecule has 2 amide bonds. The van der Waals surface area contributed by atoms with Crippen molar-refractivity contribution in [3.63, 3.8) is 0 Å². The van der Waals surface area contributed by atoms with Crippen LogP contribution < -0.4 is 33.6 Å². The topological polar surface area (TPSA) is 242 Å². The molecule has 0 atom stereocenters. The Morgan fingerprint density at radius 2 is 1.07 bits per heavy atom. The van der Waals surface area contributed by atoms with Gasteiger partial charge in [-0.1, -0.05) is 131 Å². The van der Waals surface area contributed by atoms with Gasteiger partial charge in [-0.2, -0.15) is 0 Å². The highest BCUT2D eigenvalue weighted by molar-refractivity contribution is 9.11. The number of carbonyl (C=O) groups excluding carboxylic acids is 3. The van der Waals surface area contributed by atoms with Gasteiger partial charge in [0.05, 0.1) is 17.5 Å². The highest BCUT2D eigenvalue weighted by atomic mass is 79.9. The fraction of sp³-hybridized carbons (Fsp3) is 0.212. The number of hydrogen-bond donors (Lipinski definition) is 8. The van der Waals surface area contributed by atoms with Crippen LogP contribution in [0.25, 0.3) is 0 Å². The van der Waals surface area contributed by atoms with Crippen LogP contribution in [0.1, 0.15) is 77.3 Å². The fourth-order valence-electron chi connectivity index (χ4n) is 5.97. The minimum absolute atomic E-state index is 0. The molecule has 0 saturated carbocycles. The summed E-state index contributed by atoms with van der Waals surface area (Å²) >= 11 is 42.1. The number of alkyl halides is 2. The molecule has 76 heavy (non-hydrogen) atoms. The molecule has 0 spiro atoms. The molecule has 0 unspecified atom stereocenters. The van der Waals surface area contributed by atoms with Crippen LogP contribution in [0.5, 0.6) is 0 Å². The Kier molecular flexibility index (Phi) is 37.7. The first-order chi connectivity index (χ1) is 35.8. The average Bonchev–Trinajstić information content (AvgIpc) is 4.10. The van der Waals surface area contributed by atoms with E-state index in [0.29, 0.717) is 64.3 Å². The zero-order valence-electron chi connectivity index (χ0n) is 40.4. The zero-order valence-corrected chi connectivity index (χ0v) is 52.3. The van der Waals surface area contributed by atoms with Crippen molar-refractivity contribution in [2.45, 2.75) is 51.4 Å². The Bertz CT molecular complexity index is 2730. The van der Waals surface area contributed by atoms with Crippen LogP contribution in [0.4, 0.5) is 0 Å². The number of thiocarbonyl (C=S) groups is 1. The molecule has 0 aliphatic carbocycles. The number of rotatable bonds is 10. The molecule has 6 aromatic rings. The van der Waals surface area contributed by atoms with Gasteiger partial charge < -0.3 is 48.1 Å². The molecule has 6 aromatic carbocycles. The van der Waals surface area contributed by atoms with Crippen molar-refractivity contribution < 1.29 is 29.0 Å². The van der Waals surface area contributed by atoms with Crippen molar-refractivity contribution in [2.24, 2.45) is 22.9 Å². The number of carbonyl (C=O) groups is 3. The van der Waals surface area contributed by atoms with E-state index in [-0.39, 0.29) is 57.0 Å². The number of aliphatic hydroxyl groups excluding tert-OH is 1. The predicted molar refractivity (Wildman–Crippen MR) is 333 cm³/mol. The summed E-state index contributed by atoms with van der Waals surface area (Å²) in [5.74, 6) is -0.117. The van der Waals surface area contributed by atoms with Crippen LogP contribution in [0.2, 0.25) is 15.1 Å². The Hall–Kier alpha value is -3.51. The van der Waals surface area contributed by atoms with Gasteiger partial charge in [0.25, 0.3) is 11.8 Å². The monoisotopic (exact) mass is 1430 g/mol. The maximum atomic E-state index is 12.4. The van der Waals surface area contributed by atoms with E-state index in [4.69, 9.17) is 84.4 Å². The van der Waals surface area contributed by atoms with Gasteiger partial charge in [0.1, 0.15) is 6.61 Å². The van der Waals surface area contributed by atoms with Gasteiger partial charge in [-0.05, 0) is 144 Å². The first kappa shape index (κ1) is 70.5. The molecule has 2 heterocycles. The van der Waals surface area contributed by atoms with Gasteiger partial charge in [0.15, 0.2) is 10.3 Å². The molecule has 1 fully saturated rings. The first-order valence-electron chi connectivity index (χ1n) is 22.1. The molecule has 8 rings (SSSR count). The molecular formula is C52H56Br4Cl5N7O6S2. The zero-order chi connectivity index (χ0) is 55.7. The fourth-order valence-corrected chi connectivity index (χ4v) is 8.12. The number of fused-ring (bicyclic) bond motifs is 1. The number of esters is 1. The van der Waals surface area contributed by atoms with Gasteiger partial charge in [0, 0.05) is 83.8 Å². The lowest BCUT2D eigenvalue weighted by atomic mass is 10.1. The molecule has 2 aliphatic rings. The number of nitrogens with two attached hydrogens (primary N) is 4. The summed E-state index contributed by atoms with van der Waals surface area (Å²) in [6, 6.07) is 38.3. The number of cyclic esters (lactones) is 1. The number of hydrogen-bond acceptors (Lipinski definition) is 10. The van der Waals surface area contributed by atoms with Crippen molar-refractivity contribution in [3.05, 3.63) is 206 Å². The number of aliphatic hydroxyl groups is 1. The number of amidine groups is 1. The van der Waals surface area contributed by atoms with E-state index in [2.05, 4.69) is 82.1 Å². The second-order valence-electron chi connectivity index (χ2n) is 15.1. The lowest BCUT2D eigenvalue weighted by Gasteiger charge is -2.11. The van der Waals surface area contributed by atoms with Gasteiger partial charge in [-0.15, -0.1) is 40.2 Å². The molecule has 24 heteroatoms. The number of ether oxygens (including phenoxy) is 2. The number of benzene rings is 6. The summed E-state index contributed by atoms with van der Waals surface area (Å²) in [5.41, 5.74) is 27.1. The third-order valence-electron chi connectivity index (χ3n) is 9.53. The van der Waals surface area contributed by atoms with Crippen molar-refractivity contribution >= 4 is 175 Å². The molecule has 410 valence electrons. The van der Waals surface area contributed by atoms with E-state index in [9.17, 15) is 19.5 Å². The summed E-state index contributed by atoms with van der Waals surface area (Å²) in [7, 11) is 0. The van der Waals surface area contributed by atoms with Crippen LogP contribution in [-0.4, -0.2) is 51.7 Å². The number of thioether (sulfide) groups is 1. The highest BCUT2D eigenvalue weighted by Gasteiger charge is 2.20.